The number of aromatic amines is 1. The van der Waals surface area contributed by atoms with E-state index in [1.165, 1.54) is 10.9 Å². The van der Waals surface area contributed by atoms with Gasteiger partial charge in [0.25, 0.3) is 0 Å². The van der Waals surface area contributed by atoms with Crippen LogP contribution in [0.3, 0.4) is 0 Å². The minimum atomic E-state index is 0.216. The summed E-state index contributed by atoms with van der Waals surface area (Å²) in [5.74, 6) is 0.216. The molecular formula is C18H16N4O. The Labute approximate surface area is 133 Å². The summed E-state index contributed by atoms with van der Waals surface area (Å²) in [4.78, 5) is 18.8. The van der Waals surface area contributed by atoms with E-state index in [2.05, 4.69) is 33.3 Å². The first-order valence-electron chi connectivity index (χ1n) is 7.60. The smallest absolute Gasteiger partial charge is 0.155 e. The Morgan fingerprint density at radius 1 is 1.30 bits per heavy atom. The summed E-state index contributed by atoms with van der Waals surface area (Å²) in [5.41, 5.74) is 5.32. The molecule has 3 heterocycles. The second kappa shape index (κ2) is 5.35. The Morgan fingerprint density at radius 3 is 3.09 bits per heavy atom. The lowest BCUT2D eigenvalue weighted by Crippen LogP contribution is -1.93. The number of para-hydroxylation sites is 1. The predicted molar refractivity (Wildman–Crippen MR) is 89.3 cm³/mol. The highest BCUT2D eigenvalue weighted by Gasteiger charge is 2.10. The van der Waals surface area contributed by atoms with Gasteiger partial charge in [-0.3, -0.25) is 0 Å². The van der Waals surface area contributed by atoms with Crippen LogP contribution >= 0.6 is 0 Å². The van der Waals surface area contributed by atoms with E-state index in [1.807, 2.05) is 24.5 Å². The Morgan fingerprint density at radius 2 is 2.22 bits per heavy atom. The zero-order chi connectivity index (χ0) is 15.8. The van der Waals surface area contributed by atoms with Crippen LogP contribution < -0.4 is 0 Å². The van der Waals surface area contributed by atoms with E-state index in [-0.39, 0.29) is 5.78 Å². The SMILES string of the molecule is CC(=O)CCc1c[nH]c2c(-c3ccn4ncnc4c3)cccc12. The average molecular weight is 304 g/mol. The third kappa shape index (κ3) is 2.40. The van der Waals surface area contributed by atoms with Gasteiger partial charge in [-0.25, -0.2) is 9.50 Å². The number of carbonyl (C=O) groups is 1. The summed E-state index contributed by atoms with van der Waals surface area (Å²) in [7, 11) is 0. The fraction of sp³-hybridized carbons (Fsp3) is 0.167. The number of aromatic nitrogens is 4. The maximum absolute atomic E-state index is 11.2. The second-order valence-electron chi connectivity index (χ2n) is 5.72. The number of ketones is 1. The van der Waals surface area contributed by atoms with Crippen molar-refractivity contribution in [3.63, 3.8) is 0 Å². The Bertz CT molecular complexity index is 1010. The van der Waals surface area contributed by atoms with Gasteiger partial charge in [0.2, 0.25) is 0 Å². The summed E-state index contributed by atoms with van der Waals surface area (Å²) in [6.07, 6.45) is 6.81. The molecule has 0 amide bonds. The number of nitrogens with zero attached hydrogens (tertiary/aromatic N) is 3. The van der Waals surface area contributed by atoms with Crippen molar-refractivity contribution in [2.45, 2.75) is 19.8 Å². The molecule has 0 aliphatic carbocycles. The molecule has 0 aliphatic heterocycles. The Hall–Kier alpha value is -2.95. The minimum absolute atomic E-state index is 0.216. The lowest BCUT2D eigenvalue weighted by Gasteiger charge is -2.05. The van der Waals surface area contributed by atoms with Crippen LogP contribution in [0.4, 0.5) is 0 Å². The van der Waals surface area contributed by atoms with Gasteiger partial charge in [0.15, 0.2) is 5.65 Å². The number of nitrogens with one attached hydrogen (secondary N) is 1. The Kier molecular flexibility index (Phi) is 3.19. The monoisotopic (exact) mass is 304 g/mol. The number of rotatable bonds is 4. The molecular weight excluding hydrogens is 288 g/mol. The summed E-state index contributed by atoms with van der Waals surface area (Å²) in [6.45, 7) is 1.63. The molecule has 0 saturated heterocycles. The topological polar surface area (TPSA) is 63.0 Å². The molecule has 5 heteroatoms. The number of hydrogen-bond acceptors (Lipinski definition) is 3. The molecule has 0 aliphatic rings. The Balaban J connectivity index is 1.82. The molecule has 1 N–H and O–H groups in total. The van der Waals surface area contributed by atoms with Crippen molar-refractivity contribution >= 4 is 22.3 Å². The number of hydrogen-bond donors (Lipinski definition) is 1. The van der Waals surface area contributed by atoms with Crippen molar-refractivity contribution in [3.8, 4) is 11.1 Å². The largest absolute Gasteiger partial charge is 0.360 e. The average Bonchev–Trinajstić information content (AvgIpc) is 3.18. The van der Waals surface area contributed by atoms with Crippen molar-refractivity contribution in [2.24, 2.45) is 0 Å². The van der Waals surface area contributed by atoms with Crippen molar-refractivity contribution in [2.75, 3.05) is 0 Å². The molecule has 0 unspecified atom stereocenters. The van der Waals surface area contributed by atoms with Gasteiger partial charge < -0.3 is 9.78 Å². The zero-order valence-corrected chi connectivity index (χ0v) is 12.8. The fourth-order valence-corrected chi connectivity index (χ4v) is 2.95. The molecule has 1 aromatic carbocycles. The number of Topliss-reactive ketones (excluding diaryl/α,β-unsaturated/α-hetero) is 1. The zero-order valence-electron chi connectivity index (χ0n) is 12.8. The number of fused-ring (bicyclic) bond motifs is 2. The first kappa shape index (κ1) is 13.7. The van der Waals surface area contributed by atoms with Crippen LogP contribution in [-0.4, -0.2) is 25.4 Å². The van der Waals surface area contributed by atoms with E-state index in [0.29, 0.717) is 6.42 Å². The molecule has 0 saturated carbocycles. The minimum Gasteiger partial charge on any atom is -0.360 e. The van der Waals surface area contributed by atoms with E-state index < -0.39 is 0 Å². The molecule has 0 atom stereocenters. The quantitative estimate of drug-likeness (QED) is 0.628. The van der Waals surface area contributed by atoms with Gasteiger partial charge in [-0.2, -0.15) is 5.10 Å². The van der Waals surface area contributed by atoms with Crippen molar-refractivity contribution in [1.82, 2.24) is 19.6 Å². The maximum Gasteiger partial charge on any atom is 0.155 e. The molecule has 3 aromatic heterocycles. The van der Waals surface area contributed by atoms with Gasteiger partial charge >= 0.3 is 0 Å². The van der Waals surface area contributed by atoms with Gasteiger partial charge in [-0.15, -0.1) is 0 Å². The highest BCUT2D eigenvalue weighted by atomic mass is 16.1. The highest BCUT2D eigenvalue weighted by Crippen LogP contribution is 2.30. The van der Waals surface area contributed by atoms with Crippen molar-refractivity contribution in [1.29, 1.82) is 0 Å². The van der Waals surface area contributed by atoms with Crippen LogP contribution in [0.2, 0.25) is 0 Å². The van der Waals surface area contributed by atoms with Crippen LogP contribution in [0.25, 0.3) is 27.7 Å². The number of carbonyl (C=O) groups excluding carboxylic acids is 1. The van der Waals surface area contributed by atoms with Crippen LogP contribution in [0.1, 0.15) is 18.9 Å². The van der Waals surface area contributed by atoms with Gasteiger partial charge in [-0.05, 0) is 36.6 Å². The fourth-order valence-electron chi connectivity index (χ4n) is 2.95. The maximum atomic E-state index is 11.2. The van der Waals surface area contributed by atoms with Crippen molar-refractivity contribution in [3.05, 3.63) is 54.6 Å². The third-order valence-electron chi connectivity index (χ3n) is 4.14. The van der Waals surface area contributed by atoms with E-state index in [9.17, 15) is 4.79 Å². The van der Waals surface area contributed by atoms with Crippen LogP contribution in [0.5, 0.6) is 0 Å². The predicted octanol–water partition coefficient (Wildman–Crippen LogP) is 3.40. The van der Waals surface area contributed by atoms with E-state index in [4.69, 9.17) is 0 Å². The summed E-state index contributed by atoms with van der Waals surface area (Å²) in [6, 6.07) is 10.3. The molecule has 0 radical (unpaired) electrons. The van der Waals surface area contributed by atoms with Crippen molar-refractivity contribution < 1.29 is 4.79 Å². The normalized spacial score (nSPS) is 11.3. The number of benzene rings is 1. The standard InChI is InChI=1S/C18H16N4O/c1-12(23)5-6-14-10-19-18-15(3-2-4-16(14)18)13-7-8-22-17(9-13)20-11-21-22/h2-4,7-11,19H,5-6H2,1H3. The van der Waals surface area contributed by atoms with E-state index >= 15 is 0 Å². The lowest BCUT2D eigenvalue weighted by molar-refractivity contribution is -0.116. The van der Waals surface area contributed by atoms with Gasteiger partial charge in [0, 0.05) is 29.8 Å². The number of H-pyrrole nitrogens is 1. The molecule has 0 bridgehead atoms. The molecule has 0 fully saturated rings. The van der Waals surface area contributed by atoms with Gasteiger partial charge in [-0.1, -0.05) is 18.2 Å². The van der Waals surface area contributed by atoms with Crippen LogP contribution in [0.15, 0.2) is 49.1 Å². The summed E-state index contributed by atoms with van der Waals surface area (Å²) >= 11 is 0. The lowest BCUT2D eigenvalue weighted by atomic mass is 10.0. The molecule has 5 nitrogen and oxygen atoms in total. The summed E-state index contributed by atoms with van der Waals surface area (Å²) in [5, 5.41) is 5.30. The molecule has 4 aromatic rings. The third-order valence-corrected chi connectivity index (χ3v) is 4.14. The summed E-state index contributed by atoms with van der Waals surface area (Å²) < 4.78 is 1.75. The number of aryl methyl sites for hydroxylation is 1. The van der Waals surface area contributed by atoms with E-state index in [1.54, 1.807) is 17.8 Å². The van der Waals surface area contributed by atoms with Gasteiger partial charge in [0.1, 0.15) is 12.1 Å². The second-order valence-corrected chi connectivity index (χ2v) is 5.72. The van der Waals surface area contributed by atoms with Gasteiger partial charge in [0.05, 0.1) is 5.52 Å². The first-order chi connectivity index (χ1) is 11.2. The molecule has 0 spiro atoms. The van der Waals surface area contributed by atoms with Crippen LogP contribution in [0, 0.1) is 0 Å². The molecule has 4 rings (SSSR count). The molecule has 114 valence electrons. The van der Waals surface area contributed by atoms with Crippen LogP contribution in [-0.2, 0) is 11.2 Å². The first-order valence-corrected chi connectivity index (χ1v) is 7.60. The highest BCUT2D eigenvalue weighted by molar-refractivity contribution is 5.96. The molecule has 23 heavy (non-hydrogen) atoms. The van der Waals surface area contributed by atoms with E-state index in [0.717, 1.165) is 28.7 Å². The number of pyridine rings is 1.